The Bertz CT molecular complexity index is 696. The summed E-state index contributed by atoms with van der Waals surface area (Å²) in [7, 11) is 0. The highest BCUT2D eigenvalue weighted by Gasteiger charge is 2.14. The van der Waals surface area contributed by atoms with Crippen molar-refractivity contribution in [3.63, 3.8) is 0 Å². The van der Waals surface area contributed by atoms with Crippen LogP contribution in [-0.4, -0.2) is 23.9 Å². The van der Waals surface area contributed by atoms with Gasteiger partial charge in [-0.3, -0.25) is 9.69 Å². The van der Waals surface area contributed by atoms with Gasteiger partial charge in [0, 0.05) is 13.0 Å². The number of nitrogens with zero attached hydrogens (tertiary/aromatic N) is 2. The number of amides is 1. The minimum Gasteiger partial charge on any atom is -0.468 e. The molecule has 0 aliphatic carbocycles. The highest BCUT2D eigenvalue weighted by atomic mass is 35.5. The fraction of sp³-hybridized carbons (Fsp3) is 0.250. The maximum absolute atomic E-state index is 12.2. The molecule has 0 aliphatic heterocycles. The largest absolute Gasteiger partial charge is 0.468 e. The molecular formula is C16H15Cl2N3O2. The van der Waals surface area contributed by atoms with E-state index in [0.717, 1.165) is 5.76 Å². The Morgan fingerprint density at radius 3 is 2.83 bits per heavy atom. The lowest BCUT2D eigenvalue weighted by Gasteiger charge is -2.19. The number of hydrogen-bond acceptors (Lipinski definition) is 4. The highest BCUT2D eigenvalue weighted by molar-refractivity contribution is 6.43. The molecule has 0 aliphatic rings. The standard InChI is InChI=1S/C16H15Cl2N3O2/c17-13-5-1-6-14(16(13)18)20-15(22)11-21(8-3-7-19)10-12-4-2-9-23-12/h1-2,4-6,9H,3,8,10-11H2,(H,20,22). The van der Waals surface area contributed by atoms with E-state index in [2.05, 4.69) is 11.4 Å². The van der Waals surface area contributed by atoms with E-state index in [1.54, 1.807) is 30.5 Å². The minimum absolute atomic E-state index is 0.116. The molecule has 0 saturated heterocycles. The van der Waals surface area contributed by atoms with Crippen LogP contribution in [0.15, 0.2) is 41.0 Å². The van der Waals surface area contributed by atoms with Crippen molar-refractivity contribution >= 4 is 34.8 Å². The van der Waals surface area contributed by atoms with Gasteiger partial charge < -0.3 is 9.73 Å². The Kier molecular flexibility index (Phi) is 6.48. The van der Waals surface area contributed by atoms with Crippen LogP contribution in [0.4, 0.5) is 5.69 Å². The van der Waals surface area contributed by atoms with E-state index in [1.165, 1.54) is 0 Å². The van der Waals surface area contributed by atoms with Crippen molar-refractivity contribution in [2.24, 2.45) is 0 Å². The molecule has 120 valence electrons. The van der Waals surface area contributed by atoms with E-state index in [1.807, 2.05) is 11.0 Å². The van der Waals surface area contributed by atoms with Crippen LogP contribution in [0.25, 0.3) is 0 Å². The fourth-order valence-electron chi connectivity index (χ4n) is 2.04. The summed E-state index contributed by atoms with van der Waals surface area (Å²) >= 11 is 12.0. The van der Waals surface area contributed by atoms with E-state index in [9.17, 15) is 4.79 Å². The molecular weight excluding hydrogens is 337 g/mol. The zero-order valence-electron chi connectivity index (χ0n) is 12.3. The van der Waals surface area contributed by atoms with Crippen LogP contribution in [0.3, 0.4) is 0 Å². The van der Waals surface area contributed by atoms with E-state index < -0.39 is 0 Å². The first-order valence-corrected chi connectivity index (χ1v) is 7.71. The first-order chi connectivity index (χ1) is 11.1. The highest BCUT2D eigenvalue weighted by Crippen LogP contribution is 2.29. The minimum atomic E-state index is -0.237. The average Bonchev–Trinajstić information content (AvgIpc) is 3.02. The van der Waals surface area contributed by atoms with Gasteiger partial charge in [0.15, 0.2) is 0 Å². The Hall–Kier alpha value is -2.00. The van der Waals surface area contributed by atoms with Crippen molar-refractivity contribution in [2.75, 3.05) is 18.4 Å². The second-order valence-electron chi connectivity index (χ2n) is 4.85. The van der Waals surface area contributed by atoms with Crippen LogP contribution in [0, 0.1) is 11.3 Å². The molecule has 0 bridgehead atoms. The Balaban J connectivity index is 1.99. The molecule has 1 aromatic heterocycles. The summed E-state index contributed by atoms with van der Waals surface area (Å²) in [5, 5.41) is 12.2. The van der Waals surface area contributed by atoms with E-state index in [4.69, 9.17) is 32.9 Å². The molecule has 0 unspecified atom stereocenters. The molecule has 0 saturated carbocycles. The molecule has 0 atom stereocenters. The van der Waals surface area contributed by atoms with Gasteiger partial charge in [-0.15, -0.1) is 0 Å². The van der Waals surface area contributed by atoms with E-state index in [-0.39, 0.29) is 12.5 Å². The monoisotopic (exact) mass is 351 g/mol. The predicted octanol–water partition coefficient (Wildman–Crippen LogP) is 3.94. The van der Waals surface area contributed by atoms with Crippen molar-refractivity contribution < 1.29 is 9.21 Å². The van der Waals surface area contributed by atoms with Gasteiger partial charge in [0.1, 0.15) is 5.76 Å². The normalized spacial score (nSPS) is 10.5. The predicted molar refractivity (Wildman–Crippen MR) is 89.3 cm³/mol. The number of carbonyl (C=O) groups is 1. The lowest BCUT2D eigenvalue weighted by Crippen LogP contribution is -2.33. The molecule has 0 spiro atoms. The number of halogens is 2. The van der Waals surface area contributed by atoms with Crippen LogP contribution in [0.1, 0.15) is 12.2 Å². The van der Waals surface area contributed by atoms with Gasteiger partial charge in [-0.05, 0) is 24.3 Å². The summed E-state index contributed by atoms with van der Waals surface area (Å²) in [6, 6.07) is 10.7. The molecule has 1 N–H and O–H groups in total. The van der Waals surface area contributed by atoms with Crippen LogP contribution in [0.5, 0.6) is 0 Å². The number of nitriles is 1. The van der Waals surface area contributed by atoms with Gasteiger partial charge in [-0.2, -0.15) is 5.26 Å². The first-order valence-electron chi connectivity index (χ1n) is 6.95. The molecule has 0 radical (unpaired) electrons. The lowest BCUT2D eigenvalue weighted by molar-refractivity contribution is -0.117. The van der Waals surface area contributed by atoms with Crippen molar-refractivity contribution in [1.29, 1.82) is 5.26 Å². The second-order valence-corrected chi connectivity index (χ2v) is 5.63. The Morgan fingerprint density at radius 1 is 1.30 bits per heavy atom. The summed E-state index contributed by atoms with van der Waals surface area (Å²) in [5.74, 6) is 0.496. The summed E-state index contributed by atoms with van der Waals surface area (Å²) < 4.78 is 5.28. The van der Waals surface area contributed by atoms with Gasteiger partial charge >= 0.3 is 0 Å². The van der Waals surface area contributed by atoms with E-state index >= 15 is 0 Å². The Morgan fingerprint density at radius 2 is 2.13 bits per heavy atom. The third kappa shape index (κ3) is 5.29. The molecule has 2 rings (SSSR count). The second kappa shape index (κ2) is 8.59. The smallest absolute Gasteiger partial charge is 0.238 e. The fourth-order valence-corrected chi connectivity index (χ4v) is 2.39. The van der Waals surface area contributed by atoms with Gasteiger partial charge in [-0.1, -0.05) is 29.3 Å². The van der Waals surface area contributed by atoms with Crippen molar-refractivity contribution in [1.82, 2.24) is 4.90 Å². The third-order valence-electron chi connectivity index (χ3n) is 3.09. The zero-order chi connectivity index (χ0) is 16.7. The molecule has 2 aromatic rings. The maximum Gasteiger partial charge on any atom is 0.238 e. The SMILES string of the molecule is N#CCCN(CC(=O)Nc1cccc(Cl)c1Cl)Cc1ccco1. The number of rotatable bonds is 7. The number of hydrogen-bond donors (Lipinski definition) is 1. The quantitative estimate of drug-likeness (QED) is 0.819. The van der Waals surface area contributed by atoms with Gasteiger partial charge in [0.25, 0.3) is 0 Å². The summed E-state index contributed by atoms with van der Waals surface area (Å²) in [6.45, 7) is 1.03. The summed E-state index contributed by atoms with van der Waals surface area (Å²) in [4.78, 5) is 14.0. The molecule has 7 heteroatoms. The summed E-state index contributed by atoms with van der Waals surface area (Å²) in [6.07, 6.45) is 1.90. The van der Waals surface area contributed by atoms with Crippen LogP contribution in [-0.2, 0) is 11.3 Å². The first kappa shape index (κ1) is 17.4. The summed E-state index contributed by atoms with van der Waals surface area (Å²) in [5.41, 5.74) is 0.461. The molecule has 0 fully saturated rings. The number of nitrogens with one attached hydrogen (secondary N) is 1. The van der Waals surface area contributed by atoms with Gasteiger partial charge in [-0.25, -0.2) is 0 Å². The molecule has 23 heavy (non-hydrogen) atoms. The molecule has 1 heterocycles. The van der Waals surface area contributed by atoms with Crippen LogP contribution >= 0.6 is 23.2 Å². The van der Waals surface area contributed by atoms with Crippen LogP contribution < -0.4 is 5.32 Å². The number of carbonyl (C=O) groups excluding carboxylic acids is 1. The topological polar surface area (TPSA) is 69.3 Å². The number of anilines is 1. The third-order valence-corrected chi connectivity index (χ3v) is 3.91. The average molecular weight is 352 g/mol. The Labute approximate surface area is 144 Å². The van der Waals surface area contributed by atoms with Crippen molar-refractivity contribution in [3.05, 3.63) is 52.4 Å². The molecule has 5 nitrogen and oxygen atoms in total. The van der Waals surface area contributed by atoms with Gasteiger partial charge in [0.05, 0.1) is 41.2 Å². The molecule has 1 amide bonds. The van der Waals surface area contributed by atoms with Crippen molar-refractivity contribution in [2.45, 2.75) is 13.0 Å². The number of furan rings is 1. The van der Waals surface area contributed by atoms with E-state index in [0.29, 0.717) is 35.2 Å². The molecule has 1 aromatic carbocycles. The van der Waals surface area contributed by atoms with Crippen molar-refractivity contribution in [3.8, 4) is 6.07 Å². The van der Waals surface area contributed by atoms with Crippen LogP contribution in [0.2, 0.25) is 10.0 Å². The number of benzene rings is 1. The maximum atomic E-state index is 12.2. The zero-order valence-corrected chi connectivity index (χ0v) is 13.8. The lowest BCUT2D eigenvalue weighted by atomic mass is 10.3. The van der Waals surface area contributed by atoms with Gasteiger partial charge in [0.2, 0.25) is 5.91 Å².